The summed E-state index contributed by atoms with van der Waals surface area (Å²) in [5.41, 5.74) is 4.92. The van der Waals surface area contributed by atoms with E-state index >= 15 is 0 Å². The Labute approximate surface area is 133 Å². The van der Waals surface area contributed by atoms with Gasteiger partial charge in [-0.3, -0.25) is 0 Å². The summed E-state index contributed by atoms with van der Waals surface area (Å²) >= 11 is 8.58. The third kappa shape index (κ3) is 3.12. The standard InChI is InChI=1S/C16H17ClIN/c1-10-9-14(17)11(2)8-13(10)16(19-3)12-6-4-5-7-15(12)18/h4-9,16,19H,1-3H3. The summed E-state index contributed by atoms with van der Waals surface area (Å²) in [5.74, 6) is 0. The Morgan fingerprint density at radius 3 is 2.37 bits per heavy atom. The fourth-order valence-electron chi connectivity index (χ4n) is 2.30. The van der Waals surface area contributed by atoms with Crippen LogP contribution in [0.4, 0.5) is 0 Å². The van der Waals surface area contributed by atoms with Crippen LogP contribution in [0.2, 0.25) is 5.02 Å². The average molecular weight is 386 g/mol. The second kappa shape index (κ2) is 6.25. The first-order valence-electron chi connectivity index (χ1n) is 6.23. The van der Waals surface area contributed by atoms with Crippen LogP contribution >= 0.6 is 34.2 Å². The second-order valence-corrected chi connectivity index (χ2v) is 6.27. The van der Waals surface area contributed by atoms with Gasteiger partial charge < -0.3 is 5.32 Å². The molecule has 19 heavy (non-hydrogen) atoms. The molecule has 2 aromatic carbocycles. The van der Waals surface area contributed by atoms with E-state index in [1.807, 2.05) is 20.0 Å². The molecule has 2 aromatic rings. The molecule has 0 bridgehead atoms. The zero-order chi connectivity index (χ0) is 14.0. The van der Waals surface area contributed by atoms with Crippen molar-refractivity contribution in [1.82, 2.24) is 5.32 Å². The van der Waals surface area contributed by atoms with Crippen LogP contribution in [0.25, 0.3) is 0 Å². The van der Waals surface area contributed by atoms with E-state index in [4.69, 9.17) is 11.6 Å². The number of halogens is 2. The van der Waals surface area contributed by atoms with Gasteiger partial charge >= 0.3 is 0 Å². The monoisotopic (exact) mass is 385 g/mol. The van der Waals surface area contributed by atoms with Crippen molar-refractivity contribution in [3.63, 3.8) is 0 Å². The predicted molar refractivity (Wildman–Crippen MR) is 91.0 cm³/mol. The van der Waals surface area contributed by atoms with Crippen LogP contribution in [0.1, 0.15) is 28.3 Å². The molecule has 1 N–H and O–H groups in total. The highest BCUT2D eigenvalue weighted by Crippen LogP contribution is 2.31. The van der Waals surface area contributed by atoms with Gasteiger partial charge in [-0.05, 0) is 77.9 Å². The molecule has 0 saturated heterocycles. The number of hydrogen-bond donors (Lipinski definition) is 1. The topological polar surface area (TPSA) is 12.0 Å². The summed E-state index contributed by atoms with van der Waals surface area (Å²) in [6, 6.07) is 12.9. The van der Waals surface area contributed by atoms with Gasteiger partial charge in [0.2, 0.25) is 0 Å². The fraction of sp³-hybridized carbons (Fsp3) is 0.250. The summed E-state index contributed by atoms with van der Waals surface area (Å²) in [5, 5.41) is 4.25. The number of hydrogen-bond acceptors (Lipinski definition) is 1. The van der Waals surface area contributed by atoms with E-state index in [0.717, 1.165) is 10.6 Å². The SMILES string of the molecule is CNC(c1cc(C)c(Cl)cc1C)c1ccccc1I. The van der Waals surface area contributed by atoms with Gasteiger partial charge in [-0.15, -0.1) is 0 Å². The van der Waals surface area contributed by atoms with E-state index in [1.54, 1.807) is 0 Å². The van der Waals surface area contributed by atoms with E-state index in [2.05, 4.69) is 65.2 Å². The maximum atomic E-state index is 6.19. The van der Waals surface area contributed by atoms with Gasteiger partial charge in [-0.1, -0.05) is 35.9 Å². The minimum atomic E-state index is 0.198. The highest BCUT2D eigenvalue weighted by molar-refractivity contribution is 14.1. The van der Waals surface area contributed by atoms with E-state index in [-0.39, 0.29) is 6.04 Å². The zero-order valence-electron chi connectivity index (χ0n) is 11.3. The molecule has 0 aliphatic rings. The zero-order valence-corrected chi connectivity index (χ0v) is 14.2. The molecule has 0 aliphatic carbocycles. The second-order valence-electron chi connectivity index (χ2n) is 4.70. The van der Waals surface area contributed by atoms with Gasteiger partial charge in [0, 0.05) is 8.59 Å². The third-order valence-electron chi connectivity index (χ3n) is 3.36. The number of benzene rings is 2. The molecule has 2 rings (SSSR count). The first-order chi connectivity index (χ1) is 9.04. The molecule has 0 spiro atoms. The molecule has 0 aromatic heterocycles. The van der Waals surface area contributed by atoms with Crippen molar-refractivity contribution in [2.45, 2.75) is 19.9 Å². The molecule has 0 amide bonds. The smallest absolute Gasteiger partial charge is 0.0587 e. The van der Waals surface area contributed by atoms with E-state index in [1.165, 1.54) is 20.3 Å². The first kappa shape index (κ1) is 14.8. The summed E-state index contributed by atoms with van der Waals surface area (Å²) in [6.07, 6.45) is 0. The summed E-state index contributed by atoms with van der Waals surface area (Å²) < 4.78 is 1.27. The normalized spacial score (nSPS) is 12.5. The van der Waals surface area contributed by atoms with Crippen molar-refractivity contribution in [3.8, 4) is 0 Å². The predicted octanol–water partition coefficient (Wildman–Crippen LogP) is 4.87. The van der Waals surface area contributed by atoms with Crippen LogP contribution in [-0.4, -0.2) is 7.05 Å². The Kier molecular flexibility index (Phi) is 4.87. The number of rotatable bonds is 3. The van der Waals surface area contributed by atoms with Gasteiger partial charge in [0.1, 0.15) is 0 Å². The number of aryl methyl sites for hydroxylation is 2. The lowest BCUT2D eigenvalue weighted by Crippen LogP contribution is -2.20. The summed E-state index contributed by atoms with van der Waals surface area (Å²) in [4.78, 5) is 0. The van der Waals surface area contributed by atoms with Gasteiger partial charge in [0.25, 0.3) is 0 Å². The molecular weight excluding hydrogens is 369 g/mol. The lowest BCUT2D eigenvalue weighted by molar-refractivity contribution is 0.684. The Balaban J connectivity index is 2.55. The van der Waals surface area contributed by atoms with Crippen molar-refractivity contribution in [3.05, 3.63) is 67.2 Å². The lowest BCUT2D eigenvalue weighted by atomic mass is 9.93. The number of nitrogens with one attached hydrogen (secondary N) is 1. The molecule has 1 atom stereocenters. The molecule has 0 saturated carbocycles. The van der Waals surface area contributed by atoms with Crippen LogP contribution in [0.5, 0.6) is 0 Å². The van der Waals surface area contributed by atoms with Crippen LogP contribution in [0, 0.1) is 17.4 Å². The Bertz CT molecular complexity index is 595. The molecule has 1 unspecified atom stereocenters. The largest absolute Gasteiger partial charge is 0.309 e. The van der Waals surface area contributed by atoms with Gasteiger partial charge in [-0.2, -0.15) is 0 Å². The quantitative estimate of drug-likeness (QED) is 0.743. The molecule has 1 nitrogen and oxygen atoms in total. The van der Waals surface area contributed by atoms with Crippen LogP contribution in [0.15, 0.2) is 36.4 Å². The van der Waals surface area contributed by atoms with E-state index < -0.39 is 0 Å². The van der Waals surface area contributed by atoms with E-state index in [0.29, 0.717) is 0 Å². The minimum Gasteiger partial charge on any atom is -0.309 e. The van der Waals surface area contributed by atoms with Crippen molar-refractivity contribution >= 4 is 34.2 Å². The maximum absolute atomic E-state index is 6.19. The fourth-order valence-corrected chi connectivity index (χ4v) is 3.22. The summed E-state index contributed by atoms with van der Waals surface area (Å²) in [7, 11) is 2.00. The summed E-state index contributed by atoms with van der Waals surface area (Å²) in [6.45, 7) is 4.16. The van der Waals surface area contributed by atoms with E-state index in [9.17, 15) is 0 Å². The van der Waals surface area contributed by atoms with Crippen molar-refractivity contribution in [2.75, 3.05) is 7.05 Å². The molecule has 100 valence electrons. The van der Waals surface area contributed by atoms with Gasteiger partial charge in [-0.25, -0.2) is 0 Å². The minimum absolute atomic E-state index is 0.198. The molecule has 0 aliphatic heterocycles. The molecular formula is C16H17ClIN. The van der Waals surface area contributed by atoms with Gasteiger partial charge in [0.15, 0.2) is 0 Å². The average Bonchev–Trinajstić information content (AvgIpc) is 2.38. The lowest BCUT2D eigenvalue weighted by Gasteiger charge is -2.21. The Hall–Kier alpha value is -0.580. The molecule has 0 fully saturated rings. The molecule has 3 heteroatoms. The Morgan fingerprint density at radius 1 is 1.05 bits per heavy atom. The van der Waals surface area contributed by atoms with Gasteiger partial charge in [0.05, 0.1) is 6.04 Å². The van der Waals surface area contributed by atoms with Crippen molar-refractivity contribution in [1.29, 1.82) is 0 Å². The molecule has 0 heterocycles. The molecule has 0 radical (unpaired) electrons. The van der Waals surface area contributed by atoms with Crippen LogP contribution in [0.3, 0.4) is 0 Å². The van der Waals surface area contributed by atoms with Crippen molar-refractivity contribution < 1.29 is 0 Å². The van der Waals surface area contributed by atoms with Crippen LogP contribution < -0.4 is 5.32 Å². The van der Waals surface area contributed by atoms with Crippen LogP contribution in [-0.2, 0) is 0 Å². The highest BCUT2D eigenvalue weighted by atomic mass is 127. The third-order valence-corrected chi connectivity index (χ3v) is 4.75. The maximum Gasteiger partial charge on any atom is 0.0587 e. The van der Waals surface area contributed by atoms with Crippen molar-refractivity contribution in [2.24, 2.45) is 0 Å². The highest BCUT2D eigenvalue weighted by Gasteiger charge is 2.17. The Morgan fingerprint density at radius 2 is 1.74 bits per heavy atom. The first-order valence-corrected chi connectivity index (χ1v) is 7.68.